The molecule has 1 aromatic heterocycles. The molecule has 0 amide bonds. The summed E-state index contributed by atoms with van der Waals surface area (Å²) >= 11 is 0. The van der Waals surface area contributed by atoms with Crippen LogP contribution < -0.4 is 0 Å². The topological polar surface area (TPSA) is 4.93 Å². The van der Waals surface area contributed by atoms with Crippen LogP contribution in [0.1, 0.15) is 57.1 Å². The van der Waals surface area contributed by atoms with E-state index < -0.39 is 0 Å². The number of hydrogen-bond acceptors (Lipinski definition) is 0. The van der Waals surface area contributed by atoms with E-state index in [1.54, 1.807) is 0 Å². The third-order valence-electron chi connectivity index (χ3n) is 3.76. The standard InChI is InChI=1S/C14H23N/c1-12-5-3-4-6-14(8-7-12)15-10-9-13(2)11-15/h9-12,14H,3-8H2,1-2H3. The highest BCUT2D eigenvalue weighted by Crippen LogP contribution is 2.29. The number of aromatic nitrogens is 1. The Labute approximate surface area is 93.5 Å². The Kier molecular flexibility index (Phi) is 3.50. The van der Waals surface area contributed by atoms with Gasteiger partial charge in [-0.05, 0) is 43.7 Å². The average Bonchev–Trinajstić information content (AvgIpc) is 2.59. The van der Waals surface area contributed by atoms with Gasteiger partial charge in [0, 0.05) is 18.4 Å². The first-order valence-electron chi connectivity index (χ1n) is 6.40. The summed E-state index contributed by atoms with van der Waals surface area (Å²) in [6.45, 7) is 4.59. The first-order valence-corrected chi connectivity index (χ1v) is 6.40. The lowest BCUT2D eigenvalue weighted by molar-refractivity contribution is 0.324. The summed E-state index contributed by atoms with van der Waals surface area (Å²) in [7, 11) is 0. The third kappa shape index (κ3) is 2.87. The van der Waals surface area contributed by atoms with Crippen molar-refractivity contribution in [3.63, 3.8) is 0 Å². The van der Waals surface area contributed by atoms with E-state index in [2.05, 4.69) is 36.9 Å². The van der Waals surface area contributed by atoms with Crippen molar-refractivity contribution in [2.75, 3.05) is 0 Å². The van der Waals surface area contributed by atoms with Crippen molar-refractivity contribution >= 4 is 0 Å². The molecule has 1 heterocycles. The molecule has 2 rings (SSSR count). The van der Waals surface area contributed by atoms with Crippen LogP contribution in [0.4, 0.5) is 0 Å². The molecule has 0 aliphatic heterocycles. The van der Waals surface area contributed by atoms with Gasteiger partial charge < -0.3 is 4.57 Å². The van der Waals surface area contributed by atoms with Crippen LogP contribution in [0.25, 0.3) is 0 Å². The molecule has 2 atom stereocenters. The van der Waals surface area contributed by atoms with Crippen molar-refractivity contribution in [2.45, 2.75) is 58.4 Å². The molecule has 1 saturated carbocycles. The molecule has 84 valence electrons. The molecular weight excluding hydrogens is 182 g/mol. The fourth-order valence-electron chi connectivity index (χ4n) is 2.69. The Morgan fingerprint density at radius 2 is 1.93 bits per heavy atom. The van der Waals surface area contributed by atoms with Gasteiger partial charge in [0.25, 0.3) is 0 Å². The van der Waals surface area contributed by atoms with E-state index in [0.717, 1.165) is 12.0 Å². The summed E-state index contributed by atoms with van der Waals surface area (Å²) in [4.78, 5) is 0. The molecule has 1 aliphatic rings. The van der Waals surface area contributed by atoms with Crippen LogP contribution in [0, 0.1) is 12.8 Å². The second-order valence-corrected chi connectivity index (χ2v) is 5.26. The highest BCUT2D eigenvalue weighted by atomic mass is 15.0. The molecule has 0 radical (unpaired) electrons. The van der Waals surface area contributed by atoms with Crippen LogP contribution in [0.15, 0.2) is 18.5 Å². The summed E-state index contributed by atoms with van der Waals surface area (Å²) in [6.07, 6.45) is 13.0. The molecule has 1 aliphatic carbocycles. The summed E-state index contributed by atoms with van der Waals surface area (Å²) in [6, 6.07) is 2.99. The van der Waals surface area contributed by atoms with Crippen LogP contribution in [-0.2, 0) is 0 Å². The van der Waals surface area contributed by atoms with E-state index in [1.165, 1.54) is 44.1 Å². The maximum absolute atomic E-state index is 2.44. The molecule has 1 nitrogen and oxygen atoms in total. The summed E-state index contributed by atoms with van der Waals surface area (Å²) in [5.41, 5.74) is 1.39. The molecular formula is C14H23N. The minimum Gasteiger partial charge on any atom is -0.351 e. The molecule has 1 aromatic rings. The monoisotopic (exact) mass is 205 g/mol. The van der Waals surface area contributed by atoms with Gasteiger partial charge in [0.1, 0.15) is 0 Å². The Morgan fingerprint density at radius 3 is 2.67 bits per heavy atom. The molecule has 1 heteroatoms. The van der Waals surface area contributed by atoms with E-state index in [9.17, 15) is 0 Å². The second-order valence-electron chi connectivity index (χ2n) is 5.26. The van der Waals surface area contributed by atoms with Gasteiger partial charge in [0.15, 0.2) is 0 Å². The number of rotatable bonds is 1. The largest absolute Gasteiger partial charge is 0.351 e. The van der Waals surface area contributed by atoms with Crippen LogP contribution in [-0.4, -0.2) is 4.57 Å². The lowest BCUT2D eigenvalue weighted by Crippen LogP contribution is -2.11. The zero-order valence-electron chi connectivity index (χ0n) is 10.1. The maximum atomic E-state index is 2.44. The minimum absolute atomic E-state index is 0.765. The quantitative estimate of drug-likeness (QED) is 0.643. The normalized spacial score (nSPS) is 28.4. The number of aryl methyl sites for hydroxylation is 1. The zero-order chi connectivity index (χ0) is 10.7. The van der Waals surface area contributed by atoms with E-state index >= 15 is 0 Å². The molecule has 1 fully saturated rings. The van der Waals surface area contributed by atoms with Gasteiger partial charge >= 0.3 is 0 Å². The summed E-state index contributed by atoms with van der Waals surface area (Å²) in [5, 5.41) is 0. The van der Waals surface area contributed by atoms with Gasteiger partial charge in [-0.15, -0.1) is 0 Å². The van der Waals surface area contributed by atoms with Crippen LogP contribution in [0.2, 0.25) is 0 Å². The lowest BCUT2D eigenvalue weighted by Gasteiger charge is -2.24. The molecule has 0 spiro atoms. The molecule has 0 N–H and O–H groups in total. The Morgan fingerprint density at radius 1 is 1.13 bits per heavy atom. The van der Waals surface area contributed by atoms with Crippen LogP contribution in [0.3, 0.4) is 0 Å². The van der Waals surface area contributed by atoms with E-state index in [4.69, 9.17) is 0 Å². The van der Waals surface area contributed by atoms with Gasteiger partial charge in [-0.3, -0.25) is 0 Å². The van der Waals surface area contributed by atoms with Gasteiger partial charge in [-0.25, -0.2) is 0 Å². The zero-order valence-corrected chi connectivity index (χ0v) is 10.1. The number of nitrogens with zero attached hydrogens (tertiary/aromatic N) is 1. The first kappa shape index (κ1) is 10.8. The molecule has 15 heavy (non-hydrogen) atoms. The maximum Gasteiger partial charge on any atom is 0.0330 e. The highest BCUT2D eigenvalue weighted by molar-refractivity contribution is 5.08. The fraction of sp³-hybridized carbons (Fsp3) is 0.714. The van der Waals surface area contributed by atoms with E-state index in [1.807, 2.05) is 0 Å². The van der Waals surface area contributed by atoms with E-state index in [-0.39, 0.29) is 0 Å². The second kappa shape index (κ2) is 4.87. The molecule has 0 aromatic carbocycles. The SMILES string of the molecule is Cc1ccn(C2CCCCC(C)CC2)c1. The Bertz CT molecular complexity index is 300. The summed E-state index contributed by atoms with van der Waals surface area (Å²) in [5.74, 6) is 0.935. The Hall–Kier alpha value is -0.720. The van der Waals surface area contributed by atoms with Crippen molar-refractivity contribution in [3.05, 3.63) is 24.0 Å². The van der Waals surface area contributed by atoms with Crippen LogP contribution in [0.5, 0.6) is 0 Å². The molecule has 0 saturated heterocycles. The van der Waals surface area contributed by atoms with Gasteiger partial charge in [0.2, 0.25) is 0 Å². The molecule has 2 unspecified atom stereocenters. The minimum atomic E-state index is 0.765. The van der Waals surface area contributed by atoms with Gasteiger partial charge in [-0.1, -0.05) is 26.2 Å². The summed E-state index contributed by atoms with van der Waals surface area (Å²) < 4.78 is 2.44. The smallest absolute Gasteiger partial charge is 0.0330 e. The van der Waals surface area contributed by atoms with Crippen molar-refractivity contribution < 1.29 is 0 Å². The van der Waals surface area contributed by atoms with E-state index in [0.29, 0.717) is 0 Å². The number of hydrogen-bond donors (Lipinski definition) is 0. The Balaban J connectivity index is 2.01. The molecule has 0 bridgehead atoms. The van der Waals surface area contributed by atoms with Crippen molar-refractivity contribution in [1.29, 1.82) is 0 Å². The third-order valence-corrected chi connectivity index (χ3v) is 3.76. The predicted octanol–water partition coefficient (Wildman–Crippen LogP) is 4.33. The van der Waals surface area contributed by atoms with Crippen LogP contribution >= 0.6 is 0 Å². The fourth-order valence-corrected chi connectivity index (χ4v) is 2.69. The van der Waals surface area contributed by atoms with Crippen molar-refractivity contribution in [2.24, 2.45) is 5.92 Å². The van der Waals surface area contributed by atoms with Gasteiger partial charge in [-0.2, -0.15) is 0 Å². The lowest BCUT2D eigenvalue weighted by atomic mass is 9.90. The van der Waals surface area contributed by atoms with Crippen molar-refractivity contribution in [3.8, 4) is 0 Å². The van der Waals surface area contributed by atoms with Gasteiger partial charge in [0.05, 0.1) is 0 Å². The predicted molar refractivity (Wildman–Crippen MR) is 65.1 cm³/mol. The highest BCUT2D eigenvalue weighted by Gasteiger charge is 2.15. The first-order chi connectivity index (χ1) is 7.25. The van der Waals surface area contributed by atoms with Crippen molar-refractivity contribution in [1.82, 2.24) is 4.57 Å². The average molecular weight is 205 g/mol.